The second-order valence-electron chi connectivity index (χ2n) is 7.31. The lowest BCUT2D eigenvalue weighted by atomic mass is 10.1. The van der Waals surface area contributed by atoms with Gasteiger partial charge in [-0.05, 0) is 50.2 Å². The van der Waals surface area contributed by atoms with Crippen molar-refractivity contribution in [3.8, 4) is 5.69 Å². The zero-order valence-electron chi connectivity index (χ0n) is 17.7. The van der Waals surface area contributed by atoms with E-state index in [0.29, 0.717) is 16.3 Å². The molecule has 0 fully saturated rings. The minimum atomic E-state index is -0.551. The normalized spacial score (nSPS) is 10.9. The molecule has 0 atom stereocenters. The number of aryl methyl sites for hydroxylation is 1. The molecule has 11 heteroatoms. The third-order valence-corrected chi connectivity index (χ3v) is 5.63. The Labute approximate surface area is 191 Å². The summed E-state index contributed by atoms with van der Waals surface area (Å²) in [6, 6.07) is 11.2. The van der Waals surface area contributed by atoms with E-state index in [1.54, 1.807) is 35.0 Å². The molecule has 168 valence electrons. The third kappa shape index (κ3) is 4.28. The summed E-state index contributed by atoms with van der Waals surface area (Å²) < 4.78 is 1.68. The molecule has 4 rings (SSSR count). The minimum Gasteiger partial charge on any atom is -0.343 e. The van der Waals surface area contributed by atoms with Crippen LogP contribution in [-0.2, 0) is 4.79 Å². The summed E-state index contributed by atoms with van der Waals surface area (Å²) in [4.78, 5) is 48.8. The van der Waals surface area contributed by atoms with Gasteiger partial charge in [-0.15, -0.1) is 0 Å². The van der Waals surface area contributed by atoms with Crippen LogP contribution in [0.3, 0.4) is 0 Å². The van der Waals surface area contributed by atoms with Gasteiger partial charge < -0.3 is 10.6 Å². The zero-order valence-corrected chi connectivity index (χ0v) is 18.4. The average Bonchev–Trinajstić information content (AvgIpc) is 3.07. The van der Waals surface area contributed by atoms with Gasteiger partial charge >= 0.3 is 0 Å². The number of H-pyrrole nitrogens is 2. The fraction of sp³-hybridized carbons (Fsp3) is 0.136. The molecule has 0 aliphatic rings. The Morgan fingerprint density at radius 3 is 2.39 bits per heavy atom. The van der Waals surface area contributed by atoms with E-state index >= 15 is 0 Å². The molecule has 2 aromatic heterocycles. The second kappa shape index (κ2) is 8.75. The lowest BCUT2D eigenvalue weighted by Crippen LogP contribution is -2.33. The van der Waals surface area contributed by atoms with Crippen LogP contribution in [0.25, 0.3) is 16.5 Å². The first-order valence-electron chi connectivity index (χ1n) is 9.90. The van der Waals surface area contributed by atoms with E-state index in [2.05, 4.69) is 25.9 Å². The molecule has 2 heterocycles. The first-order valence-corrected chi connectivity index (χ1v) is 10.3. The highest BCUT2D eigenvalue weighted by atomic mass is 35.5. The topological polar surface area (TPSA) is 142 Å². The molecule has 4 N–H and O–H groups in total. The molecule has 4 aromatic rings. The van der Waals surface area contributed by atoms with E-state index < -0.39 is 22.9 Å². The van der Waals surface area contributed by atoms with E-state index in [1.165, 1.54) is 12.1 Å². The van der Waals surface area contributed by atoms with Crippen molar-refractivity contribution in [3.05, 3.63) is 85.1 Å². The molecule has 0 saturated carbocycles. The summed E-state index contributed by atoms with van der Waals surface area (Å²) in [5.74, 6) is -1.00. The van der Waals surface area contributed by atoms with Crippen molar-refractivity contribution in [2.75, 3.05) is 11.9 Å². The van der Waals surface area contributed by atoms with Crippen LogP contribution >= 0.6 is 11.6 Å². The first-order chi connectivity index (χ1) is 15.8. The quantitative estimate of drug-likeness (QED) is 0.356. The van der Waals surface area contributed by atoms with E-state index in [9.17, 15) is 19.2 Å². The smallest absolute Gasteiger partial charge is 0.272 e. The highest BCUT2D eigenvalue weighted by molar-refractivity contribution is 6.31. The van der Waals surface area contributed by atoms with Crippen molar-refractivity contribution in [3.63, 3.8) is 0 Å². The van der Waals surface area contributed by atoms with Crippen LogP contribution in [0, 0.1) is 13.8 Å². The fourth-order valence-corrected chi connectivity index (χ4v) is 3.54. The Bertz CT molecular complexity index is 1500. The molecule has 0 bridgehead atoms. The molecule has 0 aliphatic carbocycles. The first kappa shape index (κ1) is 22.0. The maximum Gasteiger partial charge on any atom is 0.272 e. The molecule has 10 nitrogen and oxygen atoms in total. The van der Waals surface area contributed by atoms with Gasteiger partial charge in [-0.3, -0.25) is 29.4 Å². The lowest BCUT2D eigenvalue weighted by molar-refractivity contribution is -0.115. The number of anilines is 1. The third-order valence-electron chi connectivity index (χ3n) is 5.09. The number of benzene rings is 2. The Morgan fingerprint density at radius 2 is 1.73 bits per heavy atom. The molecule has 33 heavy (non-hydrogen) atoms. The van der Waals surface area contributed by atoms with Gasteiger partial charge in [0.2, 0.25) is 5.91 Å². The number of nitrogens with zero attached hydrogens (tertiary/aromatic N) is 2. The van der Waals surface area contributed by atoms with Gasteiger partial charge in [0, 0.05) is 5.56 Å². The van der Waals surface area contributed by atoms with Crippen LogP contribution in [0.4, 0.5) is 5.69 Å². The highest BCUT2D eigenvalue weighted by Crippen LogP contribution is 2.22. The Hall–Kier alpha value is -4.18. The summed E-state index contributed by atoms with van der Waals surface area (Å²) in [5.41, 5.74) is 1.73. The van der Waals surface area contributed by atoms with E-state index in [0.717, 1.165) is 11.4 Å². The SMILES string of the molecule is Cc1nn(-c2ccc(C(=O)NCC(=O)Nc3cccc4c(=O)[nH][nH]c(=O)c34)cc2)c(C)c1Cl. The number of aromatic nitrogens is 4. The fourth-order valence-electron chi connectivity index (χ4n) is 3.42. The summed E-state index contributed by atoms with van der Waals surface area (Å²) in [6.45, 7) is 3.33. The number of hydrogen-bond acceptors (Lipinski definition) is 5. The van der Waals surface area contributed by atoms with E-state index in [4.69, 9.17) is 11.6 Å². The van der Waals surface area contributed by atoms with Crippen LogP contribution in [-0.4, -0.2) is 38.3 Å². The Balaban J connectivity index is 1.43. The Kier molecular flexibility index (Phi) is 5.84. The molecule has 0 spiro atoms. The van der Waals surface area contributed by atoms with E-state index in [-0.39, 0.29) is 23.0 Å². The van der Waals surface area contributed by atoms with Crippen LogP contribution in [0.15, 0.2) is 52.1 Å². The molecule has 0 aliphatic heterocycles. The van der Waals surface area contributed by atoms with Gasteiger partial charge in [-0.1, -0.05) is 17.7 Å². The van der Waals surface area contributed by atoms with Crippen LogP contribution < -0.4 is 21.8 Å². The molecule has 0 saturated heterocycles. The van der Waals surface area contributed by atoms with Gasteiger partial charge in [-0.2, -0.15) is 5.10 Å². The monoisotopic (exact) mass is 466 g/mol. The number of halogens is 1. The van der Waals surface area contributed by atoms with Crippen molar-refractivity contribution in [1.29, 1.82) is 0 Å². The van der Waals surface area contributed by atoms with Gasteiger partial charge in [0.1, 0.15) is 0 Å². The van der Waals surface area contributed by atoms with Gasteiger partial charge in [0.05, 0.1) is 45.1 Å². The Morgan fingerprint density at radius 1 is 1.03 bits per heavy atom. The summed E-state index contributed by atoms with van der Waals surface area (Å²) in [5, 5.41) is 14.7. The summed E-state index contributed by atoms with van der Waals surface area (Å²) in [7, 11) is 0. The van der Waals surface area contributed by atoms with Gasteiger partial charge in [-0.25, -0.2) is 4.68 Å². The summed E-state index contributed by atoms with van der Waals surface area (Å²) in [6.07, 6.45) is 0. The predicted octanol–water partition coefficient (Wildman–Crippen LogP) is 2.04. The van der Waals surface area contributed by atoms with Crippen LogP contribution in [0.5, 0.6) is 0 Å². The highest BCUT2D eigenvalue weighted by Gasteiger charge is 2.14. The maximum atomic E-state index is 12.5. The van der Waals surface area contributed by atoms with Crippen molar-refractivity contribution >= 4 is 39.9 Å². The number of rotatable bonds is 5. The van der Waals surface area contributed by atoms with Gasteiger partial charge in [0.15, 0.2) is 0 Å². The second-order valence-corrected chi connectivity index (χ2v) is 7.69. The number of carbonyl (C=O) groups excluding carboxylic acids is 2. The molecular formula is C22H19ClN6O4. The predicted molar refractivity (Wildman–Crippen MR) is 124 cm³/mol. The average molecular weight is 467 g/mol. The van der Waals surface area contributed by atoms with Crippen molar-refractivity contribution in [1.82, 2.24) is 25.3 Å². The lowest BCUT2D eigenvalue weighted by Gasteiger charge is -2.09. The number of carbonyl (C=O) groups is 2. The van der Waals surface area contributed by atoms with Crippen LogP contribution in [0.1, 0.15) is 21.7 Å². The molecule has 0 unspecified atom stereocenters. The molecule has 2 amide bonds. The maximum absolute atomic E-state index is 12.5. The van der Waals surface area contributed by atoms with Crippen molar-refractivity contribution in [2.45, 2.75) is 13.8 Å². The summed E-state index contributed by atoms with van der Waals surface area (Å²) >= 11 is 6.19. The standard InChI is InChI=1S/C22H19ClN6O4/c1-11-19(23)12(2)29(28-11)14-8-6-13(7-9-14)20(31)24-10-17(30)25-16-5-3-4-15-18(16)22(33)27-26-21(15)32/h3-9H,10H2,1-2H3,(H,24,31)(H,25,30)(H,26,32)(H,27,33). The molecule has 2 aromatic carbocycles. The van der Waals surface area contributed by atoms with Crippen LogP contribution in [0.2, 0.25) is 5.02 Å². The van der Waals surface area contributed by atoms with E-state index in [1.807, 2.05) is 13.8 Å². The largest absolute Gasteiger partial charge is 0.343 e. The number of fused-ring (bicyclic) bond motifs is 1. The molecular weight excluding hydrogens is 448 g/mol. The molecule has 0 radical (unpaired) electrons. The van der Waals surface area contributed by atoms with Crippen molar-refractivity contribution < 1.29 is 9.59 Å². The number of aromatic amines is 2. The number of nitrogens with one attached hydrogen (secondary N) is 4. The number of amides is 2. The zero-order chi connectivity index (χ0) is 23.7. The van der Waals surface area contributed by atoms with Crippen molar-refractivity contribution in [2.24, 2.45) is 0 Å². The number of hydrogen-bond donors (Lipinski definition) is 4. The minimum absolute atomic E-state index is 0.0563. The van der Waals surface area contributed by atoms with Gasteiger partial charge in [0.25, 0.3) is 17.0 Å².